The summed E-state index contributed by atoms with van der Waals surface area (Å²) in [5, 5.41) is 3.57. The van der Waals surface area contributed by atoms with Gasteiger partial charge in [0.05, 0.1) is 6.04 Å². The van der Waals surface area contributed by atoms with Crippen LogP contribution in [0.2, 0.25) is 0 Å². The SMILES string of the molecule is CCNC(c1ccccc1C)c1ccccc1Br. The van der Waals surface area contributed by atoms with Gasteiger partial charge in [-0.05, 0) is 36.2 Å². The number of halogens is 1. The fourth-order valence-corrected chi connectivity index (χ4v) is 2.73. The topological polar surface area (TPSA) is 12.0 Å². The van der Waals surface area contributed by atoms with Gasteiger partial charge in [-0.3, -0.25) is 0 Å². The third-order valence-electron chi connectivity index (χ3n) is 3.12. The summed E-state index contributed by atoms with van der Waals surface area (Å²) < 4.78 is 1.15. The van der Waals surface area contributed by atoms with Crippen LogP contribution in [0.4, 0.5) is 0 Å². The summed E-state index contributed by atoms with van der Waals surface area (Å²) in [6.45, 7) is 5.25. The van der Waals surface area contributed by atoms with Gasteiger partial charge in [-0.2, -0.15) is 0 Å². The lowest BCUT2D eigenvalue weighted by Gasteiger charge is -2.22. The van der Waals surface area contributed by atoms with E-state index in [1.165, 1.54) is 16.7 Å². The van der Waals surface area contributed by atoms with Gasteiger partial charge in [-0.25, -0.2) is 0 Å². The molecule has 1 atom stereocenters. The van der Waals surface area contributed by atoms with Crippen molar-refractivity contribution in [1.82, 2.24) is 5.32 Å². The molecule has 0 aliphatic carbocycles. The van der Waals surface area contributed by atoms with Crippen LogP contribution >= 0.6 is 15.9 Å². The van der Waals surface area contributed by atoms with Gasteiger partial charge in [0.1, 0.15) is 0 Å². The second-order valence-corrected chi connectivity index (χ2v) is 5.22. The molecule has 0 aromatic heterocycles. The maximum atomic E-state index is 3.65. The van der Waals surface area contributed by atoms with E-state index in [0.29, 0.717) is 0 Å². The quantitative estimate of drug-likeness (QED) is 0.879. The lowest BCUT2D eigenvalue weighted by molar-refractivity contribution is 0.625. The molecule has 1 N–H and O–H groups in total. The fourth-order valence-electron chi connectivity index (χ4n) is 2.21. The average molecular weight is 304 g/mol. The standard InChI is InChI=1S/C16H18BrN/c1-3-18-16(13-9-5-4-8-12(13)2)14-10-6-7-11-15(14)17/h4-11,16,18H,3H2,1-2H3. The molecule has 0 aliphatic heterocycles. The van der Waals surface area contributed by atoms with E-state index in [1.807, 2.05) is 0 Å². The van der Waals surface area contributed by atoms with Crippen LogP contribution in [0.3, 0.4) is 0 Å². The molecule has 1 unspecified atom stereocenters. The van der Waals surface area contributed by atoms with Crippen molar-refractivity contribution >= 4 is 15.9 Å². The molecule has 0 heterocycles. The average Bonchev–Trinajstić information content (AvgIpc) is 2.38. The van der Waals surface area contributed by atoms with E-state index in [1.54, 1.807) is 0 Å². The molecular weight excluding hydrogens is 286 g/mol. The summed E-state index contributed by atoms with van der Waals surface area (Å²) in [6, 6.07) is 17.2. The normalized spacial score (nSPS) is 12.4. The Bertz CT molecular complexity index is 477. The number of benzene rings is 2. The maximum Gasteiger partial charge on any atom is 0.0590 e. The van der Waals surface area contributed by atoms with Gasteiger partial charge in [0.15, 0.2) is 0 Å². The van der Waals surface area contributed by atoms with E-state index < -0.39 is 0 Å². The van der Waals surface area contributed by atoms with Crippen LogP contribution in [-0.4, -0.2) is 6.54 Å². The number of aryl methyl sites for hydroxylation is 1. The molecule has 2 heteroatoms. The fraction of sp³-hybridized carbons (Fsp3) is 0.250. The van der Waals surface area contributed by atoms with Gasteiger partial charge in [-0.1, -0.05) is 65.3 Å². The highest BCUT2D eigenvalue weighted by Gasteiger charge is 2.16. The molecule has 18 heavy (non-hydrogen) atoms. The molecule has 1 nitrogen and oxygen atoms in total. The van der Waals surface area contributed by atoms with Crippen LogP contribution in [0.1, 0.15) is 29.7 Å². The van der Waals surface area contributed by atoms with Crippen LogP contribution in [0.25, 0.3) is 0 Å². The minimum atomic E-state index is 0.242. The molecule has 2 rings (SSSR count). The lowest BCUT2D eigenvalue weighted by atomic mass is 9.95. The van der Waals surface area contributed by atoms with E-state index in [9.17, 15) is 0 Å². The summed E-state index contributed by atoms with van der Waals surface area (Å²) in [6.07, 6.45) is 0. The van der Waals surface area contributed by atoms with E-state index in [-0.39, 0.29) is 6.04 Å². The molecule has 2 aromatic carbocycles. The predicted octanol–water partition coefficient (Wildman–Crippen LogP) is 4.46. The number of hydrogen-bond donors (Lipinski definition) is 1. The number of hydrogen-bond acceptors (Lipinski definition) is 1. The first-order valence-corrected chi connectivity index (χ1v) is 7.06. The first-order chi connectivity index (χ1) is 8.74. The highest BCUT2D eigenvalue weighted by molar-refractivity contribution is 9.10. The molecule has 0 spiro atoms. The molecule has 94 valence electrons. The minimum absolute atomic E-state index is 0.242. The second-order valence-electron chi connectivity index (χ2n) is 4.37. The summed E-state index contributed by atoms with van der Waals surface area (Å²) in [5.74, 6) is 0. The van der Waals surface area contributed by atoms with Gasteiger partial charge in [-0.15, -0.1) is 0 Å². The van der Waals surface area contributed by atoms with Crippen molar-refractivity contribution < 1.29 is 0 Å². The van der Waals surface area contributed by atoms with Crippen molar-refractivity contribution in [3.8, 4) is 0 Å². The van der Waals surface area contributed by atoms with E-state index in [0.717, 1.165) is 11.0 Å². The van der Waals surface area contributed by atoms with Gasteiger partial charge in [0.2, 0.25) is 0 Å². The highest BCUT2D eigenvalue weighted by atomic mass is 79.9. The molecule has 0 aliphatic rings. The van der Waals surface area contributed by atoms with Crippen LogP contribution < -0.4 is 5.32 Å². The number of nitrogens with one attached hydrogen (secondary N) is 1. The van der Waals surface area contributed by atoms with Crippen molar-refractivity contribution in [2.24, 2.45) is 0 Å². The first-order valence-electron chi connectivity index (χ1n) is 6.27. The third-order valence-corrected chi connectivity index (χ3v) is 3.85. The Labute approximate surface area is 117 Å². The Morgan fingerprint density at radius 2 is 1.61 bits per heavy atom. The van der Waals surface area contributed by atoms with Gasteiger partial charge >= 0.3 is 0 Å². The van der Waals surface area contributed by atoms with Crippen LogP contribution in [0, 0.1) is 6.92 Å². The van der Waals surface area contributed by atoms with Crippen LogP contribution in [0.5, 0.6) is 0 Å². The molecule has 0 bridgehead atoms. The smallest absolute Gasteiger partial charge is 0.0590 e. The molecule has 0 saturated heterocycles. The molecule has 0 saturated carbocycles. The summed E-state index contributed by atoms with van der Waals surface area (Å²) in [5.41, 5.74) is 3.94. The summed E-state index contributed by atoms with van der Waals surface area (Å²) in [4.78, 5) is 0. The highest BCUT2D eigenvalue weighted by Crippen LogP contribution is 2.29. The van der Waals surface area contributed by atoms with Crippen LogP contribution in [0.15, 0.2) is 53.0 Å². The zero-order chi connectivity index (χ0) is 13.0. The molecular formula is C16H18BrN. The lowest BCUT2D eigenvalue weighted by Crippen LogP contribution is -2.23. The van der Waals surface area contributed by atoms with Crippen LogP contribution in [-0.2, 0) is 0 Å². The van der Waals surface area contributed by atoms with E-state index >= 15 is 0 Å². The maximum absolute atomic E-state index is 3.65. The Morgan fingerprint density at radius 1 is 1.00 bits per heavy atom. The Morgan fingerprint density at radius 3 is 2.22 bits per heavy atom. The molecule has 0 fully saturated rings. The Hall–Kier alpha value is -1.12. The zero-order valence-electron chi connectivity index (χ0n) is 10.8. The second kappa shape index (κ2) is 6.17. The summed E-state index contributed by atoms with van der Waals surface area (Å²) >= 11 is 3.65. The van der Waals surface area contributed by atoms with Gasteiger partial charge in [0.25, 0.3) is 0 Å². The van der Waals surface area contributed by atoms with Crippen molar-refractivity contribution in [3.05, 3.63) is 69.7 Å². The van der Waals surface area contributed by atoms with Crippen molar-refractivity contribution in [1.29, 1.82) is 0 Å². The third kappa shape index (κ3) is 2.82. The zero-order valence-corrected chi connectivity index (χ0v) is 12.4. The molecule has 0 radical (unpaired) electrons. The minimum Gasteiger partial charge on any atom is -0.306 e. The van der Waals surface area contributed by atoms with Gasteiger partial charge < -0.3 is 5.32 Å². The largest absolute Gasteiger partial charge is 0.306 e. The molecule has 0 amide bonds. The summed E-state index contributed by atoms with van der Waals surface area (Å²) in [7, 11) is 0. The monoisotopic (exact) mass is 303 g/mol. The van der Waals surface area contributed by atoms with Gasteiger partial charge in [0, 0.05) is 4.47 Å². The Kier molecular flexibility index (Phi) is 4.56. The first kappa shape index (κ1) is 13.3. The predicted molar refractivity (Wildman–Crippen MR) is 80.8 cm³/mol. The van der Waals surface area contributed by atoms with E-state index in [4.69, 9.17) is 0 Å². The number of rotatable bonds is 4. The Balaban J connectivity index is 2.47. The van der Waals surface area contributed by atoms with E-state index in [2.05, 4.69) is 83.6 Å². The molecule has 2 aromatic rings. The van der Waals surface area contributed by atoms with Crippen molar-refractivity contribution in [2.45, 2.75) is 19.9 Å². The van der Waals surface area contributed by atoms with Crippen molar-refractivity contribution in [3.63, 3.8) is 0 Å². The van der Waals surface area contributed by atoms with Crippen molar-refractivity contribution in [2.75, 3.05) is 6.54 Å².